The van der Waals surface area contributed by atoms with Crippen molar-refractivity contribution >= 4 is 46.3 Å². The van der Waals surface area contributed by atoms with E-state index in [1.165, 1.54) is 6.92 Å². The molecule has 0 aliphatic carbocycles. The van der Waals surface area contributed by atoms with E-state index in [4.69, 9.17) is 34.8 Å². The molecule has 3 rings (SSSR count). The maximum Gasteiger partial charge on any atom is 0.436 e. The molecule has 2 aromatic rings. The van der Waals surface area contributed by atoms with Crippen LogP contribution >= 0.6 is 34.8 Å². The second-order valence-corrected chi connectivity index (χ2v) is 8.38. The quantitative estimate of drug-likeness (QED) is 0.555. The summed E-state index contributed by atoms with van der Waals surface area (Å²) in [5.41, 5.74) is 0.750. The maximum atomic E-state index is 13.0. The number of piperidine rings is 1. The van der Waals surface area contributed by atoms with E-state index >= 15 is 0 Å². The molecule has 1 aromatic carbocycles. The molecule has 0 atom stereocenters. The Morgan fingerprint density at radius 2 is 1.76 bits per heavy atom. The number of hydrogen-bond donors (Lipinski definition) is 0. The molecular formula is C19H19Cl3F3N3O. The van der Waals surface area contributed by atoms with E-state index in [2.05, 4.69) is 10.00 Å². The molecule has 0 bridgehead atoms. The highest BCUT2D eigenvalue weighted by molar-refractivity contribution is 6.36. The fraction of sp³-hybridized carbons (Fsp3) is 0.474. The Morgan fingerprint density at radius 1 is 1.14 bits per heavy atom. The Kier molecular flexibility index (Phi) is 6.41. The van der Waals surface area contributed by atoms with Crippen LogP contribution in [-0.4, -0.2) is 28.7 Å². The van der Waals surface area contributed by atoms with Gasteiger partial charge in [0.15, 0.2) is 11.5 Å². The zero-order chi connectivity index (χ0) is 21.5. The van der Waals surface area contributed by atoms with Crippen LogP contribution in [-0.2, 0) is 17.5 Å². The number of benzene rings is 1. The number of rotatable bonds is 4. The van der Waals surface area contributed by atoms with Crippen molar-refractivity contribution in [3.8, 4) is 0 Å². The van der Waals surface area contributed by atoms with Crippen LogP contribution in [0.1, 0.15) is 29.8 Å². The SMILES string of the molecule is Cc1cc(N2CCC(C(=O)Cn3nc(C(F)(F)F)c(Cl)c3C)CC2)c(Cl)cc1Cl. The number of nitrogens with zero attached hydrogens (tertiary/aromatic N) is 3. The number of anilines is 1. The summed E-state index contributed by atoms with van der Waals surface area (Å²) in [6.45, 7) is 4.32. The zero-order valence-corrected chi connectivity index (χ0v) is 18.1. The average molecular weight is 469 g/mol. The minimum absolute atomic E-state index is 0.133. The summed E-state index contributed by atoms with van der Waals surface area (Å²) in [4.78, 5) is 14.7. The van der Waals surface area contributed by atoms with Crippen molar-refractivity contribution in [3.05, 3.63) is 44.2 Å². The van der Waals surface area contributed by atoms with Gasteiger partial charge in [0.25, 0.3) is 0 Å². The van der Waals surface area contributed by atoms with Crippen LogP contribution < -0.4 is 4.90 Å². The summed E-state index contributed by atoms with van der Waals surface area (Å²) in [5, 5.41) is 4.18. The Balaban J connectivity index is 1.66. The monoisotopic (exact) mass is 467 g/mol. The molecule has 0 amide bonds. The molecule has 0 N–H and O–H groups in total. The Hall–Kier alpha value is -1.44. The van der Waals surface area contributed by atoms with Crippen molar-refractivity contribution in [2.24, 2.45) is 5.92 Å². The van der Waals surface area contributed by atoms with Crippen molar-refractivity contribution in [2.75, 3.05) is 18.0 Å². The van der Waals surface area contributed by atoms with Crippen LogP contribution in [0.25, 0.3) is 0 Å². The number of aromatic nitrogens is 2. The van der Waals surface area contributed by atoms with Crippen LogP contribution in [0.2, 0.25) is 15.1 Å². The van der Waals surface area contributed by atoms with E-state index in [1.54, 1.807) is 6.07 Å². The summed E-state index contributed by atoms with van der Waals surface area (Å²) in [7, 11) is 0. The molecular weight excluding hydrogens is 450 g/mol. The van der Waals surface area contributed by atoms with Gasteiger partial charge in [-0.05, 0) is 44.4 Å². The second-order valence-electron chi connectivity index (χ2n) is 7.18. The third kappa shape index (κ3) is 4.67. The number of carbonyl (C=O) groups is 1. The van der Waals surface area contributed by atoms with Crippen molar-refractivity contribution in [1.29, 1.82) is 0 Å². The van der Waals surface area contributed by atoms with Gasteiger partial charge in [-0.2, -0.15) is 18.3 Å². The summed E-state index contributed by atoms with van der Waals surface area (Å²) in [6, 6.07) is 3.62. The zero-order valence-electron chi connectivity index (χ0n) is 15.8. The molecule has 0 saturated carbocycles. The highest BCUT2D eigenvalue weighted by Gasteiger charge is 2.38. The van der Waals surface area contributed by atoms with Gasteiger partial charge in [0.2, 0.25) is 0 Å². The van der Waals surface area contributed by atoms with E-state index in [1.807, 2.05) is 13.0 Å². The van der Waals surface area contributed by atoms with Crippen molar-refractivity contribution in [1.82, 2.24) is 9.78 Å². The van der Waals surface area contributed by atoms with Crippen LogP contribution in [0, 0.1) is 19.8 Å². The van der Waals surface area contributed by atoms with Crippen molar-refractivity contribution < 1.29 is 18.0 Å². The summed E-state index contributed by atoms with van der Waals surface area (Å²) in [5.74, 6) is -0.408. The van der Waals surface area contributed by atoms with Gasteiger partial charge < -0.3 is 4.90 Å². The third-order valence-electron chi connectivity index (χ3n) is 5.23. The summed E-state index contributed by atoms with van der Waals surface area (Å²) in [6.07, 6.45) is -3.49. The van der Waals surface area contributed by atoms with E-state index < -0.39 is 16.9 Å². The molecule has 1 fully saturated rings. The number of Topliss-reactive ketones (excluding diaryl/α,β-unsaturated/α-hetero) is 1. The van der Waals surface area contributed by atoms with Gasteiger partial charge in [-0.25, -0.2) is 0 Å². The molecule has 158 valence electrons. The molecule has 0 spiro atoms. The lowest BCUT2D eigenvalue weighted by Crippen LogP contribution is -2.37. The van der Waals surface area contributed by atoms with Gasteiger partial charge in [0, 0.05) is 24.0 Å². The number of aryl methyl sites for hydroxylation is 1. The largest absolute Gasteiger partial charge is 0.436 e. The predicted octanol–water partition coefficient (Wildman–Crippen LogP) is 5.96. The molecule has 1 aromatic heterocycles. The highest BCUT2D eigenvalue weighted by atomic mass is 35.5. The van der Waals surface area contributed by atoms with Gasteiger partial charge in [-0.3, -0.25) is 9.48 Å². The minimum atomic E-state index is -4.66. The molecule has 1 saturated heterocycles. The number of carbonyl (C=O) groups excluding carboxylic acids is 1. The van der Waals surface area contributed by atoms with Crippen LogP contribution in [0.3, 0.4) is 0 Å². The lowest BCUT2D eigenvalue weighted by Gasteiger charge is -2.33. The molecule has 0 radical (unpaired) electrons. The number of halogens is 6. The van der Waals surface area contributed by atoms with Crippen LogP contribution in [0.5, 0.6) is 0 Å². The van der Waals surface area contributed by atoms with E-state index in [0.717, 1.165) is 15.9 Å². The van der Waals surface area contributed by atoms with E-state index in [0.29, 0.717) is 36.0 Å². The van der Waals surface area contributed by atoms with E-state index in [9.17, 15) is 18.0 Å². The summed E-state index contributed by atoms with van der Waals surface area (Å²) < 4.78 is 39.9. The lowest BCUT2D eigenvalue weighted by molar-refractivity contribution is -0.141. The molecule has 29 heavy (non-hydrogen) atoms. The van der Waals surface area contributed by atoms with Gasteiger partial charge in [-0.15, -0.1) is 0 Å². The fourth-order valence-corrected chi connectivity index (χ4v) is 4.21. The average Bonchev–Trinajstić information content (AvgIpc) is 2.93. The van der Waals surface area contributed by atoms with Gasteiger partial charge in [-0.1, -0.05) is 34.8 Å². The first kappa shape index (κ1) is 22.2. The van der Waals surface area contributed by atoms with E-state index in [-0.39, 0.29) is 23.9 Å². The highest BCUT2D eigenvalue weighted by Crippen LogP contribution is 2.36. The lowest BCUT2D eigenvalue weighted by atomic mass is 9.92. The first-order valence-corrected chi connectivity index (χ1v) is 10.2. The fourth-order valence-electron chi connectivity index (χ4n) is 3.46. The first-order valence-electron chi connectivity index (χ1n) is 9.02. The Morgan fingerprint density at radius 3 is 2.31 bits per heavy atom. The van der Waals surface area contributed by atoms with Crippen LogP contribution in [0.15, 0.2) is 12.1 Å². The van der Waals surface area contributed by atoms with Crippen molar-refractivity contribution in [3.63, 3.8) is 0 Å². The Labute approximate surface area is 181 Å². The number of alkyl halides is 3. The topological polar surface area (TPSA) is 38.1 Å². The van der Waals surface area contributed by atoms with Gasteiger partial charge in [0.1, 0.15) is 6.54 Å². The van der Waals surface area contributed by atoms with Gasteiger partial charge >= 0.3 is 6.18 Å². The molecule has 4 nitrogen and oxygen atoms in total. The summed E-state index contributed by atoms with van der Waals surface area (Å²) >= 11 is 18.1. The number of ketones is 1. The second kappa shape index (κ2) is 8.36. The molecule has 2 heterocycles. The smallest absolute Gasteiger partial charge is 0.370 e. The maximum absolute atomic E-state index is 13.0. The minimum Gasteiger partial charge on any atom is -0.370 e. The van der Waals surface area contributed by atoms with Gasteiger partial charge in [0.05, 0.1) is 21.4 Å². The number of hydrogen-bond acceptors (Lipinski definition) is 3. The predicted molar refractivity (Wildman–Crippen MR) is 108 cm³/mol. The third-order valence-corrected chi connectivity index (χ3v) is 6.39. The van der Waals surface area contributed by atoms with Crippen molar-refractivity contribution in [2.45, 2.75) is 39.4 Å². The standard InChI is InChI=1S/C19H19Cl3F3N3O/c1-10-7-15(14(21)8-13(10)20)27-5-3-12(4-6-27)16(29)9-28-11(2)17(22)18(26-28)19(23,24)25/h7-8,12H,3-6,9H2,1-2H3. The first-order chi connectivity index (χ1) is 13.5. The normalized spacial score (nSPS) is 15.8. The molecule has 10 heteroatoms. The van der Waals surface area contributed by atoms with Crippen LogP contribution in [0.4, 0.5) is 18.9 Å². The molecule has 1 aliphatic heterocycles. The Bertz CT molecular complexity index is 935. The molecule has 1 aliphatic rings. The molecule has 0 unspecified atom stereocenters.